The van der Waals surface area contributed by atoms with Gasteiger partial charge in [0.1, 0.15) is 0 Å². The van der Waals surface area contributed by atoms with Gasteiger partial charge in [0, 0.05) is 44.1 Å². The summed E-state index contributed by atoms with van der Waals surface area (Å²) >= 11 is 1.77. The molecule has 7 heteroatoms. The second-order valence-electron chi connectivity index (χ2n) is 5.80. The zero-order chi connectivity index (χ0) is 15.9. The number of aryl methyl sites for hydroxylation is 1. The maximum Gasteiger partial charge on any atom is 0.191 e. The van der Waals surface area contributed by atoms with Crippen molar-refractivity contribution in [2.75, 3.05) is 18.8 Å². The zero-order valence-electron chi connectivity index (χ0n) is 14.1. The van der Waals surface area contributed by atoms with Crippen LogP contribution in [0.2, 0.25) is 0 Å². The minimum atomic E-state index is -0.837. The van der Waals surface area contributed by atoms with Gasteiger partial charge in [-0.05, 0) is 46.8 Å². The summed E-state index contributed by atoms with van der Waals surface area (Å²) in [5.74, 6) is 1.42. The first-order valence-electron chi connectivity index (χ1n) is 7.29. The third-order valence-corrected chi connectivity index (χ3v) is 5.72. The third-order valence-electron chi connectivity index (χ3n) is 2.80. The lowest BCUT2D eigenvalue weighted by Gasteiger charge is -2.18. The first-order chi connectivity index (χ1) is 9.82. The van der Waals surface area contributed by atoms with Crippen molar-refractivity contribution in [2.24, 2.45) is 4.99 Å². The van der Waals surface area contributed by atoms with E-state index in [2.05, 4.69) is 34.7 Å². The summed E-state index contributed by atoms with van der Waals surface area (Å²) in [6.45, 7) is 12.3. The van der Waals surface area contributed by atoms with E-state index >= 15 is 0 Å². The van der Waals surface area contributed by atoms with Crippen LogP contribution in [-0.4, -0.2) is 33.8 Å². The molecule has 128 valence electrons. The van der Waals surface area contributed by atoms with E-state index in [0.29, 0.717) is 18.8 Å². The molecule has 0 fully saturated rings. The summed E-state index contributed by atoms with van der Waals surface area (Å²) in [7, 11) is -0.837. The smallest absolute Gasteiger partial charge is 0.191 e. The van der Waals surface area contributed by atoms with Crippen LogP contribution in [0.15, 0.2) is 17.1 Å². The standard InChI is InChI=1S/C15H27N3OS2.HI/c1-6-16-14(17-9-10-21(19)15(3,4)5)18-11-13-8-7-12(2)20-13;/h7-8H,6,9-11H2,1-5H3,(H2,16,17,18);1H. The molecular formula is C15H28IN3OS2. The van der Waals surface area contributed by atoms with Gasteiger partial charge in [-0.15, -0.1) is 35.3 Å². The Balaban J connectivity index is 0.00000441. The summed E-state index contributed by atoms with van der Waals surface area (Å²) in [5, 5.41) is 6.47. The molecule has 1 heterocycles. The number of nitrogens with one attached hydrogen (secondary N) is 2. The summed E-state index contributed by atoms with van der Waals surface area (Å²) < 4.78 is 11.8. The first kappa shape index (κ1) is 21.9. The van der Waals surface area contributed by atoms with Crippen molar-refractivity contribution in [2.45, 2.75) is 45.9 Å². The Morgan fingerprint density at radius 1 is 1.32 bits per heavy atom. The van der Waals surface area contributed by atoms with E-state index in [4.69, 9.17) is 0 Å². The summed E-state index contributed by atoms with van der Waals surface area (Å²) in [6, 6.07) is 4.23. The van der Waals surface area contributed by atoms with Crippen LogP contribution in [0.5, 0.6) is 0 Å². The van der Waals surface area contributed by atoms with Gasteiger partial charge in [0.05, 0.1) is 6.54 Å². The van der Waals surface area contributed by atoms with Crippen LogP contribution in [0.3, 0.4) is 0 Å². The summed E-state index contributed by atoms with van der Waals surface area (Å²) in [6.07, 6.45) is 0. The SMILES string of the molecule is CCNC(=NCc1ccc(C)s1)NCCS(=O)C(C)(C)C.I. The number of thiophene rings is 1. The molecule has 0 aliphatic heterocycles. The van der Waals surface area contributed by atoms with Gasteiger partial charge in [0.25, 0.3) is 0 Å². The molecule has 1 rings (SSSR count). The molecule has 1 atom stereocenters. The zero-order valence-corrected chi connectivity index (χ0v) is 18.0. The van der Waals surface area contributed by atoms with Crippen molar-refractivity contribution in [3.05, 3.63) is 21.9 Å². The van der Waals surface area contributed by atoms with Crippen molar-refractivity contribution >= 4 is 52.1 Å². The minimum absolute atomic E-state index is 0. The molecule has 22 heavy (non-hydrogen) atoms. The van der Waals surface area contributed by atoms with Crippen LogP contribution in [-0.2, 0) is 17.3 Å². The first-order valence-corrected chi connectivity index (χ1v) is 9.42. The fourth-order valence-electron chi connectivity index (χ4n) is 1.64. The highest BCUT2D eigenvalue weighted by Gasteiger charge is 2.18. The predicted molar refractivity (Wildman–Crippen MR) is 110 cm³/mol. The molecule has 0 spiro atoms. The van der Waals surface area contributed by atoms with Crippen LogP contribution < -0.4 is 10.6 Å². The van der Waals surface area contributed by atoms with Crippen molar-refractivity contribution < 1.29 is 4.21 Å². The minimum Gasteiger partial charge on any atom is -0.357 e. The molecule has 0 saturated carbocycles. The van der Waals surface area contributed by atoms with Crippen LogP contribution in [0.1, 0.15) is 37.4 Å². The molecule has 0 saturated heterocycles. The largest absolute Gasteiger partial charge is 0.357 e. The number of rotatable bonds is 6. The Hall–Kier alpha value is -0.150. The predicted octanol–water partition coefficient (Wildman–Crippen LogP) is 3.28. The van der Waals surface area contributed by atoms with E-state index in [9.17, 15) is 4.21 Å². The Kier molecular flexibility index (Phi) is 10.5. The lowest BCUT2D eigenvalue weighted by Crippen LogP contribution is -2.40. The molecule has 0 aromatic carbocycles. The maximum absolute atomic E-state index is 12.0. The van der Waals surface area contributed by atoms with Gasteiger partial charge in [-0.25, -0.2) is 4.99 Å². The van der Waals surface area contributed by atoms with Crippen molar-refractivity contribution in [3.63, 3.8) is 0 Å². The average Bonchev–Trinajstić information content (AvgIpc) is 2.80. The van der Waals surface area contributed by atoms with Gasteiger partial charge in [-0.2, -0.15) is 0 Å². The number of hydrogen-bond acceptors (Lipinski definition) is 3. The molecule has 0 bridgehead atoms. The molecular weight excluding hydrogens is 429 g/mol. The highest BCUT2D eigenvalue weighted by Crippen LogP contribution is 2.15. The number of nitrogens with zero attached hydrogens (tertiary/aromatic N) is 1. The second-order valence-corrected chi connectivity index (χ2v) is 9.49. The molecule has 2 N–H and O–H groups in total. The van der Waals surface area contributed by atoms with Crippen LogP contribution in [0, 0.1) is 6.92 Å². The normalized spacial score (nSPS) is 13.4. The summed E-state index contributed by atoms with van der Waals surface area (Å²) in [5.41, 5.74) is 0. The average molecular weight is 457 g/mol. The van der Waals surface area contributed by atoms with E-state index in [-0.39, 0.29) is 28.7 Å². The van der Waals surface area contributed by atoms with E-state index in [1.807, 2.05) is 27.7 Å². The van der Waals surface area contributed by atoms with Gasteiger partial charge >= 0.3 is 0 Å². The van der Waals surface area contributed by atoms with Crippen molar-refractivity contribution in [1.29, 1.82) is 0 Å². The van der Waals surface area contributed by atoms with E-state index in [1.54, 1.807) is 11.3 Å². The van der Waals surface area contributed by atoms with Gasteiger partial charge in [0.2, 0.25) is 0 Å². The molecule has 1 unspecified atom stereocenters. The molecule has 1 aromatic rings. The highest BCUT2D eigenvalue weighted by molar-refractivity contribution is 14.0. The molecule has 4 nitrogen and oxygen atoms in total. The topological polar surface area (TPSA) is 53.5 Å². The highest BCUT2D eigenvalue weighted by atomic mass is 127. The van der Waals surface area contributed by atoms with Crippen LogP contribution >= 0.6 is 35.3 Å². The maximum atomic E-state index is 12.0. The number of hydrogen-bond donors (Lipinski definition) is 2. The number of aliphatic imine (C=N–C) groups is 1. The Labute approximate surface area is 158 Å². The second kappa shape index (κ2) is 10.6. The fraction of sp³-hybridized carbons (Fsp3) is 0.667. The van der Waals surface area contributed by atoms with Gasteiger partial charge in [0.15, 0.2) is 5.96 Å². The molecule has 0 aliphatic carbocycles. The van der Waals surface area contributed by atoms with Gasteiger partial charge in [-0.1, -0.05) is 0 Å². The number of halogens is 1. The van der Waals surface area contributed by atoms with Gasteiger partial charge < -0.3 is 10.6 Å². The van der Waals surface area contributed by atoms with Crippen LogP contribution in [0.4, 0.5) is 0 Å². The lowest BCUT2D eigenvalue weighted by atomic mass is 10.3. The van der Waals surface area contributed by atoms with E-state index in [0.717, 1.165) is 12.5 Å². The Morgan fingerprint density at radius 2 is 2.00 bits per heavy atom. The number of guanidine groups is 1. The molecule has 0 amide bonds. The fourth-order valence-corrected chi connectivity index (χ4v) is 3.35. The van der Waals surface area contributed by atoms with Crippen molar-refractivity contribution in [3.8, 4) is 0 Å². The monoisotopic (exact) mass is 457 g/mol. The van der Waals surface area contributed by atoms with Gasteiger partial charge in [-0.3, -0.25) is 4.21 Å². The molecule has 0 aliphatic rings. The molecule has 1 aromatic heterocycles. The summed E-state index contributed by atoms with van der Waals surface area (Å²) in [4.78, 5) is 7.12. The lowest BCUT2D eigenvalue weighted by molar-refractivity contribution is 0.647. The third kappa shape index (κ3) is 8.47. The Bertz CT molecular complexity index is 495. The van der Waals surface area contributed by atoms with E-state index < -0.39 is 10.8 Å². The quantitative estimate of drug-likeness (QED) is 0.392. The van der Waals surface area contributed by atoms with Crippen LogP contribution in [0.25, 0.3) is 0 Å². The van der Waals surface area contributed by atoms with Crippen molar-refractivity contribution in [1.82, 2.24) is 10.6 Å². The Morgan fingerprint density at radius 3 is 2.50 bits per heavy atom. The molecule has 0 radical (unpaired) electrons. The van der Waals surface area contributed by atoms with E-state index in [1.165, 1.54) is 9.75 Å².